The second-order valence-electron chi connectivity index (χ2n) is 9.28. The van der Waals surface area contributed by atoms with Crippen molar-refractivity contribution in [2.45, 2.75) is 26.3 Å². The van der Waals surface area contributed by atoms with E-state index >= 15 is 0 Å². The van der Waals surface area contributed by atoms with Crippen LogP contribution >= 0.6 is 23.8 Å². The zero-order valence-electron chi connectivity index (χ0n) is 20.4. The topological polar surface area (TPSA) is 78.7 Å². The number of hydrogen-bond donors (Lipinski definition) is 2. The van der Waals surface area contributed by atoms with Gasteiger partial charge in [0.05, 0.1) is 19.8 Å². The minimum atomic E-state index is 0.441. The van der Waals surface area contributed by atoms with Crippen LogP contribution in [-0.2, 0) is 11.3 Å². The number of ether oxygens (including phenoxy) is 1. The summed E-state index contributed by atoms with van der Waals surface area (Å²) < 4.78 is 11.5. The first-order valence-electron chi connectivity index (χ1n) is 12.4. The fraction of sp³-hybridized carbons (Fsp3) is 0.423. The molecule has 8 nitrogen and oxygen atoms in total. The maximum absolute atomic E-state index is 5.99. The van der Waals surface area contributed by atoms with Crippen molar-refractivity contribution in [3.05, 3.63) is 53.2 Å². The van der Waals surface area contributed by atoms with Gasteiger partial charge in [0.15, 0.2) is 5.11 Å². The van der Waals surface area contributed by atoms with Crippen molar-refractivity contribution < 1.29 is 9.15 Å². The summed E-state index contributed by atoms with van der Waals surface area (Å²) in [6.07, 6.45) is 2.42. The monoisotopic (exact) mass is 526 g/mol. The second-order valence-corrected chi connectivity index (χ2v) is 10.1. The average molecular weight is 527 g/mol. The van der Waals surface area contributed by atoms with Gasteiger partial charge in [-0.3, -0.25) is 0 Å². The Morgan fingerprint density at radius 2 is 1.81 bits per heavy atom. The number of benzene rings is 1. The molecule has 1 aromatic carbocycles. The lowest BCUT2D eigenvalue weighted by molar-refractivity contribution is 0.122. The molecule has 0 bridgehead atoms. The number of furan rings is 1. The lowest BCUT2D eigenvalue weighted by Gasteiger charge is -2.33. The number of aromatic nitrogens is 2. The van der Waals surface area contributed by atoms with Crippen LogP contribution in [0, 0.1) is 5.92 Å². The van der Waals surface area contributed by atoms with E-state index in [0.29, 0.717) is 41.8 Å². The Morgan fingerprint density at radius 3 is 2.56 bits per heavy atom. The average Bonchev–Trinajstić information content (AvgIpc) is 3.37. The summed E-state index contributed by atoms with van der Waals surface area (Å²) in [5, 5.41) is 7.53. The highest BCUT2D eigenvalue weighted by atomic mass is 35.5. The highest BCUT2D eigenvalue weighted by Crippen LogP contribution is 2.27. The van der Waals surface area contributed by atoms with Gasteiger partial charge in [-0.2, -0.15) is 9.97 Å². The van der Waals surface area contributed by atoms with Crippen LogP contribution in [0.15, 0.2) is 46.9 Å². The van der Waals surface area contributed by atoms with Crippen molar-refractivity contribution in [2.75, 3.05) is 54.5 Å². The van der Waals surface area contributed by atoms with Gasteiger partial charge in [-0.15, -0.1) is 0 Å². The lowest BCUT2D eigenvalue weighted by atomic mass is 10.0. The van der Waals surface area contributed by atoms with Crippen LogP contribution in [-0.4, -0.2) is 54.5 Å². The van der Waals surface area contributed by atoms with E-state index in [0.717, 1.165) is 54.9 Å². The van der Waals surface area contributed by atoms with E-state index in [1.54, 1.807) is 0 Å². The van der Waals surface area contributed by atoms with E-state index in [1.165, 1.54) is 12.8 Å². The Labute approximate surface area is 222 Å². The van der Waals surface area contributed by atoms with Crippen LogP contribution in [0.3, 0.4) is 0 Å². The molecule has 2 aliphatic heterocycles. The normalized spacial score (nSPS) is 18.2. The molecule has 0 unspecified atom stereocenters. The molecule has 2 saturated heterocycles. The largest absolute Gasteiger partial charge is 0.459 e. The van der Waals surface area contributed by atoms with Gasteiger partial charge >= 0.3 is 0 Å². The third-order valence-corrected chi connectivity index (χ3v) is 6.95. The molecule has 190 valence electrons. The number of thiocarbonyl (C=S) groups is 1. The first-order valence-corrected chi connectivity index (χ1v) is 13.2. The lowest BCUT2D eigenvalue weighted by Crippen LogP contribution is -2.38. The number of halogens is 1. The second kappa shape index (κ2) is 11.5. The zero-order valence-corrected chi connectivity index (χ0v) is 21.9. The van der Waals surface area contributed by atoms with Crippen LogP contribution in [0.25, 0.3) is 11.3 Å². The first kappa shape index (κ1) is 24.8. The van der Waals surface area contributed by atoms with E-state index in [1.807, 2.05) is 36.4 Å². The highest BCUT2D eigenvalue weighted by molar-refractivity contribution is 7.80. The van der Waals surface area contributed by atoms with E-state index in [-0.39, 0.29) is 0 Å². The fourth-order valence-corrected chi connectivity index (χ4v) is 4.84. The molecule has 0 saturated carbocycles. The van der Waals surface area contributed by atoms with Gasteiger partial charge in [0.2, 0.25) is 5.95 Å². The Balaban J connectivity index is 1.26. The van der Waals surface area contributed by atoms with E-state index in [9.17, 15) is 0 Å². The SMILES string of the molecule is C[C@H]1CCCN(c2cc(N3CCOCC3)nc(NC(=S)NCc3ccc(-c4ccc(Cl)cc4)o3)n2)C1. The molecule has 10 heteroatoms. The van der Waals surface area contributed by atoms with Crippen LogP contribution < -0.4 is 20.4 Å². The summed E-state index contributed by atoms with van der Waals surface area (Å²) >= 11 is 11.5. The third-order valence-electron chi connectivity index (χ3n) is 6.45. The Morgan fingerprint density at radius 1 is 1.06 bits per heavy atom. The molecule has 5 rings (SSSR count). The molecule has 2 aromatic heterocycles. The van der Waals surface area contributed by atoms with Gasteiger partial charge in [-0.1, -0.05) is 18.5 Å². The van der Waals surface area contributed by atoms with Crippen molar-refractivity contribution in [3.8, 4) is 11.3 Å². The van der Waals surface area contributed by atoms with Gasteiger partial charge in [0.1, 0.15) is 23.2 Å². The standard InChI is InChI=1S/C26H31ClN6O2S/c1-18-3-2-10-33(17-18)24-15-23(32-11-13-34-14-12-32)29-25(30-24)31-26(36)28-16-21-8-9-22(35-21)19-4-6-20(27)7-5-19/h4-9,15,18H,2-3,10-14,16-17H2,1H3,(H2,28,29,30,31,36)/t18-/m0/s1. The summed E-state index contributed by atoms with van der Waals surface area (Å²) in [5.74, 6) is 4.52. The quantitative estimate of drug-likeness (QED) is 0.434. The summed E-state index contributed by atoms with van der Waals surface area (Å²) in [6.45, 7) is 7.75. The minimum absolute atomic E-state index is 0.441. The number of nitrogens with one attached hydrogen (secondary N) is 2. The van der Waals surface area contributed by atoms with Gasteiger partial charge in [0, 0.05) is 42.8 Å². The number of piperidine rings is 1. The maximum atomic E-state index is 5.99. The van der Waals surface area contributed by atoms with Crippen molar-refractivity contribution in [3.63, 3.8) is 0 Å². The van der Waals surface area contributed by atoms with Crippen LogP contribution in [0.2, 0.25) is 5.02 Å². The molecule has 1 atom stereocenters. The molecule has 0 amide bonds. The summed E-state index contributed by atoms with van der Waals surface area (Å²) in [4.78, 5) is 14.2. The molecular formula is C26H31ClN6O2S. The maximum Gasteiger partial charge on any atom is 0.232 e. The van der Waals surface area contributed by atoms with Gasteiger partial charge < -0.3 is 29.6 Å². The Kier molecular flexibility index (Phi) is 7.89. The van der Waals surface area contributed by atoms with Crippen molar-refractivity contribution >= 4 is 46.5 Å². The predicted octanol–water partition coefficient (Wildman–Crippen LogP) is 4.95. The molecule has 2 fully saturated rings. The van der Waals surface area contributed by atoms with Gasteiger partial charge in [-0.05, 0) is 67.4 Å². The van der Waals surface area contributed by atoms with Crippen molar-refractivity contribution in [1.29, 1.82) is 0 Å². The minimum Gasteiger partial charge on any atom is -0.459 e. The summed E-state index contributed by atoms with van der Waals surface area (Å²) in [6, 6.07) is 13.5. The molecule has 0 spiro atoms. The predicted molar refractivity (Wildman–Crippen MR) is 148 cm³/mol. The molecule has 3 aromatic rings. The molecule has 2 N–H and O–H groups in total. The van der Waals surface area contributed by atoms with E-state index < -0.39 is 0 Å². The number of morpholine rings is 1. The first-order chi connectivity index (χ1) is 17.5. The van der Waals surface area contributed by atoms with E-state index in [4.69, 9.17) is 42.9 Å². The Bertz CT molecular complexity index is 1180. The third kappa shape index (κ3) is 6.27. The summed E-state index contributed by atoms with van der Waals surface area (Å²) in [7, 11) is 0. The van der Waals surface area contributed by atoms with Crippen molar-refractivity contribution in [2.24, 2.45) is 5.92 Å². The number of hydrogen-bond acceptors (Lipinski definition) is 7. The molecule has 2 aliphatic rings. The number of nitrogens with zero attached hydrogens (tertiary/aromatic N) is 4. The number of anilines is 3. The van der Waals surface area contributed by atoms with Crippen LogP contribution in [0.1, 0.15) is 25.5 Å². The molecule has 0 aliphatic carbocycles. The number of rotatable bonds is 6. The van der Waals surface area contributed by atoms with Crippen molar-refractivity contribution in [1.82, 2.24) is 15.3 Å². The molecule has 4 heterocycles. The van der Waals surface area contributed by atoms with Gasteiger partial charge in [0.25, 0.3) is 0 Å². The van der Waals surface area contributed by atoms with Crippen LogP contribution in [0.4, 0.5) is 17.6 Å². The highest BCUT2D eigenvalue weighted by Gasteiger charge is 2.21. The zero-order chi connectivity index (χ0) is 24.9. The van der Waals surface area contributed by atoms with Gasteiger partial charge in [-0.25, -0.2) is 0 Å². The molecular weight excluding hydrogens is 496 g/mol. The van der Waals surface area contributed by atoms with E-state index in [2.05, 4.69) is 33.4 Å². The smallest absolute Gasteiger partial charge is 0.232 e. The fourth-order valence-electron chi connectivity index (χ4n) is 4.55. The molecule has 36 heavy (non-hydrogen) atoms. The Hall–Kier alpha value is -2.88. The van der Waals surface area contributed by atoms with Crippen LogP contribution in [0.5, 0.6) is 0 Å². The molecule has 0 radical (unpaired) electrons. The summed E-state index contributed by atoms with van der Waals surface area (Å²) in [5.41, 5.74) is 0.972.